The number of halogens is 2. The molecule has 0 unspecified atom stereocenters. The van der Waals surface area contributed by atoms with E-state index >= 15 is 0 Å². The summed E-state index contributed by atoms with van der Waals surface area (Å²) in [5, 5.41) is 0. The van der Waals surface area contributed by atoms with Gasteiger partial charge in [-0.05, 0) is 31.4 Å². The van der Waals surface area contributed by atoms with E-state index in [-0.39, 0.29) is 30.2 Å². The summed E-state index contributed by atoms with van der Waals surface area (Å²) < 4.78 is 33.4. The van der Waals surface area contributed by atoms with Gasteiger partial charge in [0, 0.05) is 25.7 Å². The van der Waals surface area contributed by atoms with Crippen molar-refractivity contribution in [1.82, 2.24) is 9.80 Å². The molecule has 2 amide bonds. The van der Waals surface area contributed by atoms with E-state index in [1.54, 1.807) is 0 Å². The Hall–Kier alpha value is -2.18. The Kier molecular flexibility index (Phi) is 4.92. The summed E-state index contributed by atoms with van der Waals surface area (Å²) in [4.78, 5) is 28.6. The Morgan fingerprint density at radius 3 is 2.72 bits per heavy atom. The van der Waals surface area contributed by atoms with E-state index in [1.807, 2.05) is 11.8 Å². The van der Waals surface area contributed by atoms with E-state index in [2.05, 4.69) is 0 Å². The third kappa shape index (κ3) is 3.07. The molecule has 1 aromatic carbocycles. The number of carbonyl (C=O) groups is 2. The summed E-state index contributed by atoms with van der Waals surface area (Å²) in [5.74, 6) is -3.08. The van der Waals surface area contributed by atoms with Crippen molar-refractivity contribution in [1.29, 1.82) is 0 Å². The van der Waals surface area contributed by atoms with Crippen molar-refractivity contribution < 1.29 is 23.1 Å². The third-order valence-corrected chi connectivity index (χ3v) is 5.03. The normalized spacial score (nSPS) is 23.0. The number of carbonyl (C=O) groups excluding carboxylic acids is 2. The van der Waals surface area contributed by atoms with Crippen LogP contribution in [0.3, 0.4) is 0 Å². The van der Waals surface area contributed by atoms with Crippen LogP contribution >= 0.6 is 0 Å². The van der Waals surface area contributed by atoms with Gasteiger partial charge in [-0.3, -0.25) is 9.59 Å². The van der Waals surface area contributed by atoms with E-state index in [9.17, 15) is 18.4 Å². The molecule has 0 aromatic heterocycles. The van der Waals surface area contributed by atoms with Crippen LogP contribution in [0.5, 0.6) is 5.75 Å². The van der Waals surface area contributed by atoms with Crippen molar-refractivity contribution >= 4 is 11.8 Å². The minimum Gasteiger partial charge on any atom is -0.494 e. The summed E-state index contributed by atoms with van der Waals surface area (Å²) in [5.41, 5.74) is -0.616. The quantitative estimate of drug-likeness (QED) is 0.836. The van der Waals surface area contributed by atoms with Crippen LogP contribution in [0.25, 0.3) is 0 Å². The van der Waals surface area contributed by atoms with Crippen molar-refractivity contribution in [2.45, 2.75) is 32.2 Å². The molecule has 5 nitrogen and oxygen atoms in total. The van der Waals surface area contributed by atoms with Crippen molar-refractivity contribution in [3.8, 4) is 5.75 Å². The fourth-order valence-corrected chi connectivity index (χ4v) is 3.79. The van der Waals surface area contributed by atoms with Crippen molar-refractivity contribution in [3.63, 3.8) is 0 Å². The molecule has 2 atom stereocenters. The number of nitrogens with zero attached hydrogens (tertiary/aromatic N) is 2. The van der Waals surface area contributed by atoms with Crippen molar-refractivity contribution in [2.24, 2.45) is 5.92 Å². The van der Waals surface area contributed by atoms with Crippen LogP contribution in [0.15, 0.2) is 12.1 Å². The fraction of sp³-hybridized carbons (Fsp3) is 0.556. The van der Waals surface area contributed by atoms with E-state index < -0.39 is 23.1 Å². The summed E-state index contributed by atoms with van der Waals surface area (Å²) >= 11 is 0. The van der Waals surface area contributed by atoms with Gasteiger partial charge in [0.25, 0.3) is 5.91 Å². The van der Waals surface area contributed by atoms with E-state index in [0.717, 1.165) is 25.0 Å². The number of ether oxygens (including phenoxy) is 1. The number of amides is 2. The number of methoxy groups -OCH3 is 1. The highest BCUT2D eigenvalue weighted by Gasteiger charge is 2.42. The van der Waals surface area contributed by atoms with E-state index in [0.29, 0.717) is 19.5 Å². The van der Waals surface area contributed by atoms with Crippen LogP contribution in [0.4, 0.5) is 8.78 Å². The highest BCUT2D eigenvalue weighted by atomic mass is 19.1. The molecule has 0 saturated carbocycles. The molecule has 7 heteroatoms. The number of hydrogen-bond acceptors (Lipinski definition) is 3. The highest BCUT2D eigenvalue weighted by Crippen LogP contribution is 2.31. The van der Waals surface area contributed by atoms with Crippen LogP contribution in [-0.4, -0.2) is 54.4 Å². The second-order valence-electron chi connectivity index (χ2n) is 6.61. The number of fused-ring (bicyclic) bond motifs is 4. The monoisotopic (exact) mass is 352 g/mol. The third-order valence-electron chi connectivity index (χ3n) is 5.03. The molecule has 3 aliphatic rings. The first-order chi connectivity index (χ1) is 12.0. The first-order valence-electron chi connectivity index (χ1n) is 8.59. The Morgan fingerprint density at radius 1 is 1.28 bits per heavy atom. The average Bonchev–Trinajstić information content (AvgIpc) is 2.88. The predicted molar refractivity (Wildman–Crippen MR) is 87.3 cm³/mol. The Morgan fingerprint density at radius 2 is 2.04 bits per heavy atom. The van der Waals surface area contributed by atoms with Crippen LogP contribution in [0.2, 0.25) is 0 Å². The predicted octanol–water partition coefficient (Wildman–Crippen LogP) is 2.45. The van der Waals surface area contributed by atoms with Gasteiger partial charge < -0.3 is 14.5 Å². The first-order valence-corrected chi connectivity index (χ1v) is 8.59. The second kappa shape index (κ2) is 6.98. The lowest BCUT2D eigenvalue weighted by Crippen LogP contribution is -2.48. The average molecular weight is 352 g/mol. The molecule has 0 radical (unpaired) electrons. The van der Waals surface area contributed by atoms with Gasteiger partial charge in [-0.15, -0.1) is 0 Å². The standard InChI is InChI=1S/C18H22F2N2O3/c1-3-8-22-12-5-4-11(17(22)23)9-21(10-12)18(24)15-13(19)6-7-14(25-2)16(15)20/h6-7,11-12H,3-5,8-10H2,1-2H3/t11-,12+/m1/s1. The maximum atomic E-state index is 14.4. The zero-order valence-electron chi connectivity index (χ0n) is 14.4. The van der Waals surface area contributed by atoms with Gasteiger partial charge in [-0.25, -0.2) is 8.78 Å². The Bertz CT molecular complexity index is 695. The molecule has 0 spiro atoms. The summed E-state index contributed by atoms with van der Waals surface area (Å²) in [6, 6.07) is 2.09. The topological polar surface area (TPSA) is 49.9 Å². The summed E-state index contributed by atoms with van der Waals surface area (Å²) in [6.45, 7) is 3.14. The minimum atomic E-state index is -0.999. The number of hydrogen-bond donors (Lipinski definition) is 0. The van der Waals surface area contributed by atoms with Crippen molar-refractivity contribution in [3.05, 3.63) is 29.3 Å². The molecule has 3 heterocycles. The molecule has 136 valence electrons. The fourth-order valence-electron chi connectivity index (χ4n) is 3.79. The second-order valence-corrected chi connectivity index (χ2v) is 6.61. The lowest BCUT2D eigenvalue weighted by Gasteiger charge is -2.35. The zero-order chi connectivity index (χ0) is 18.1. The van der Waals surface area contributed by atoms with E-state index in [1.165, 1.54) is 12.0 Å². The van der Waals surface area contributed by atoms with Gasteiger partial charge in [-0.2, -0.15) is 0 Å². The van der Waals surface area contributed by atoms with Crippen LogP contribution in [-0.2, 0) is 4.79 Å². The molecule has 0 aliphatic carbocycles. The van der Waals surface area contributed by atoms with Gasteiger partial charge >= 0.3 is 0 Å². The van der Waals surface area contributed by atoms with Crippen LogP contribution in [0, 0.1) is 17.6 Å². The van der Waals surface area contributed by atoms with Crippen LogP contribution < -0.4 is 4.74 Å². The van der Waals surface area contributed by atoms with Gasteiger partial charge in [0.15, 0.2) is 11.6 Å². The van der Waals surface area contributed by atoms with Gasteiger partial charge in [0.2, 0.25) is 5.91 Å². The van der Waals surface area contributed by atoms with E-state index in [4.69, 9.17) is 4.74 Å². The highest BCUT2D eigenvalue weighted by molar-refractivity contribution is 5.96. The summed E-state index contributed by atoms with van der Waals surface area (Å²) in [6.07, 6.45) is 2.35. The molecule has 3 saturated heterocycles. The summed E-state index contributed by atoms with van der Waals surface area (Å²) in [7, 11) is 1.26. The van der Waals surface area contributed by atoms with Crippen molar-refractivity contribution in [2.75, 3.05) is 26.7 Å². The number of piperidine rings is 1. The molecular weight excluding hydrogens is 330 g/mol. The Balaban J connectivity index is 1.91. The SMILES string of the molecule is CCCN1C(=O)[C@@H]2CC[C@H]1CN(C(=O)c1c(F)ccc(OC)c1F)C2. The molecule has 3 fully saturated rings. The number of benzene rings is 1. The first kappa shape index (κ1) is 17.6. The minimum absolute atomic E-state index is 0.0417. The van der Waals surface area contributed by atoms with Gasteiger partial charge in [0.1, 0.15) is 11.4 Å². The molecule has 3 aliphatic heterocycles. The molecular formula is C18H22F2N2O3. The van der Waals surface area contributed by atoms with Gasteiger partial charge in [0.05, 0.1) is 13.0 Å². The zero-order valence-corrected chi connectivity index (χ0v) is 14.4. The molecule has 4 rings (SSSR count). The molecule has 1 aromatic rings. The number of rotatable bonds is 4. The lowest BCUT2D eigenvalue weighted by atomic mass is 9.94. The maximum Gasteiger partial charge on any atom is 0.260 e. The molecule has 0 N–H and O–H groups in total. The Labute approximate surface area is 145 Å². The van der Waals surface area contributed by atoms with Gasteiger partial charge in [-0.1, -0.05) is 6.92 Å². The maximum absolute atomic E-state index is 14.4. The molecule has 2 bridgehead atoms. The van der Waals surface area contributed by atoms with Crippen LogP contribution in [0.1, 0.15) is 36.5 Å². The largest absolute Gasteiger partial charge is 0.494 e. The smallest absolute Gasteiger partial charge is 0.260 e. The lowest BCUT2D eigenvalue weighted by molar-refractivity contribution is -0.139. The molecule has 25 heavy (non-hydrogen) atoms.